The van der Waals surface area contributed by atoms with Crippen LogP contribution in [-0.4, -0.2) is 43.0 Å². The molecule has 36 heavy (non-hydrogen) atoms. The lowest BCUT2D eigenvalue weighted by molar-refractivity contribution is -0.143. The lowest BCUT2D eigenvalue weighted by Crippen LogP contribution is -2.65. The second kappa shape index (κ2) is 7.61. The lowest BCUT2D eigenvalue weighted by atomic mass is 9.53. The van der Waals surface area contributed by atoms with Crippen LogP contribution in [0.1, 0.15) is 23.6 Å². The quantitative estimate of drug-likeness (QED) is 0.502. The lowest BCUT2D eigenvalue weighted by Gasteiger charge is -2.41. The number of carbonyl (C=O) groups excluding carboxylic acids is 3. The molecule has 3 heterocycles. The Morgan fingerprint density at radius 1 is 1.08 bits per heavy atom. The standard InChI is InChI=1S/C26H21N5O4S/c1-4-35-20(32)12-31-19-8-6-5-7-16(19)25(22(31)33)24(13-27,14-28)21(36)29-26(25)17-11-15(2)9-10-18(17)30(3)23(26)34/h5-11H,4,12H2,1-3H3,(H,29,36)/t25-,26+/m0/s1. The molecule has 2 amide bonds. The first-order valence-electron chi connectivity index (χ1n) is 11.3. The summed E-state index contributed by atoms with van der Waals surface area (Å²) in [5, 5.41) is 24.1. The van der Waals surface area contributed by atoms with Gasteiger partial charge in [-0.05, 0) is 31.5 Å². The average molecular weight is 500 g/mol. The summed E-state index contributed by atoms with van der Waals surface area (Å²) >= 11 is 5.58. The Kier molecular flexibility index (Phi) is 4.96. The van der Waals surface area contributed by atoms with Gasteiger partial charge in [0, 0.05) is 24.0 Å². The van der Waals surface area contributed by atoms with Crippen LogP contribution in [0.3, 0.4) is 0 Å². The number of likely N-dealkylation sites (N-methyl/N-ethyl adjacent to an activating group) is 1. The predicted octanol–water partition coefficient (Wildman–Crippen LogP) is 1.98. The molecule has 2 aromatic rings. The first kappa shape index (κ1) is 23.5. The summed E-state index contributed by atoms with van der Waals surface area (Å²) in [6.45, 7) is 3.15. The number of benzene rings is 2. The van der Waals surface area contributed by atoms with Crippen LogP contribution in [0.15, 0.2) is 42.5 Å². The zero-order valence-corrected chi connectivity index (χ0v) is 20.6. The third kappa shape index (κ3) is 2.37. The highest BCUT2D eigenvalue weighted by Crippen LogP contribution is 2.66. The van der Waals surface area contributed by atoms with Gasteiger partial charge in [-0.2, -0.15) is 10.5 Å². The first-order valence-corrected chi connectivity index (χ1v) is 11.7. The van der Waals surface area contributed by atoms with Gasteiger partial charge >= 0.3 is 5.97 Å². The summed E-state index contributed by atoms with van der Waals surface area (Å²) < 4.78 is 5.09. The molecule has 1 fully saturated rings. The van der Waals surface area contributed by atoms with E-state index in [0.29, 0.717) is 16.9 Å². The number of fused-ring (bicyclic) bond motifs is 5. The van der Waals surface area contributed by atoms with Crippen molar-refractivity contribution in [2.24, 2.45) is 5.41 Å². The van der Waals surface area contributed by atoms with Crippen molar-refractivity contribution in [3.63, 3.8) is 0 Å². The minimum absolute atomic E-state index is 0.111. The van der Waals surface area contributed by atoms with Gasteiger partial charge in [0.25, 0.3) is 5.91 Å². The molecule has 10 heteroatoms. The van der Waals surface area contributed by atoms with Crippen LogP contribution in [0.2, 0.25) is 0 Å². The number of carbonyl (C=O) groups is 3. The number of hydrogen-bond acceptors (Lipinski definition) is 7. The number of nitrogens with zero attached hydrogens (tertiary/aromatic N) is 4. The van der Waals surface area contributed by atoms with E-state index in [1.807, 2.05) is 25.1 Å². The van der Waals surface area contributed by atoms with Crippen LogP contribution in [0.4, 0.5) is 11.4 Å². The highest BCUT2D eigenvalue weighted by molar-refractivity contribution is 7.80. The molecule has 3 aliphatic heterocycles. The predicted molar refractivity (Wildman–Crippen MR) is 133 cm³/mol. The van der Waals surface area contributed by atoms with Gasteiger partial charge < -0.3 is 15.0 Å². The van der Waals surface area contributed by atoms with Gasteiger partial charge in [0.15, 0.2) is 11.0 Å². The fourth-order valence-electron chi connectivity index (χ4n) is 5.98. The van der Waals surface area contributed by atoms with E-state index in [9.17, 15) is 24.9 Å². The molecule has 0 saturated carbocycles. The van der Waals surface area contributed by atoms with E-state index in [0.717, 1.165) is 5.56 Å². The maximum atomic E-state index is 14.7. The Bertz CT molecular complexity index is 1460. The van der Waals surface area contributed by atoms with Gasteiger partial charge in [0.1, 0.15) is 11.5 Å². The summed E-state index contributed by atoms with van der Waals surface area (Å²) in [4.78, 5) is 43.8. The van der Waals surface area contributed by atoms with Gasteiger partial charge in [-0.25, -0.2) is 0 Å². The van der Waals surface area contributed by atoms with Crippen LogP contribution in [-0.2, 0) is 30.1 Å². The number of hydrogen-bond donors (Lipinski definition) is 1. The molecule has 0 bridgehead atoms. The maximum Gasteiger partial charge on any atom is 0.326 e. The van der Waals surface area contributed by atoms with Crippen molar-refractivity contribution >= 4 is 46.4 Å². The minimum Gasteiger partial charge on any atom is -0.465 e. The molecule has 0 radical (unpaired) electrons. The molecule has 2 spiro atoms. The fraction of sp³-hybridized carbons (Fsp3) is 0.308. The van der Waals surface area contributed by atoms with Gasteiger partial charge in [-0.15, -0.1) is 0 Å². The summed E-state index contributed by atoms with van der Waals surface area (Å²) in [5.41, 5.74) is -3.87. The number of anilines is 2. The molecule has 2 aromatic carbocycles. The highest BCUT2D eigenvalue weighted by atomic mass is 32.1. The Morgan fingerprint density at radius 3 is 2.44 bits per heavy atom. The molecular weight excluding hydrogens is 478 g/mol. The summed E-state index contributed by atoms with van der Waals surface area (Å²) in [7, 11) is 1.57. The second-order valence-electron chi connectivity index (χ2n) is 9.03. The molecule has 180 valence electrons. The van der Waals surface area contributed by atoms with Crippen molar-refractivity contribution in [1.82, 2.24) is 5.32 Å². The zero-order valence-electron chi connectivity index (χ0n) is 19.8. The maximum absolute atomic E-state index is 14.7. The molecule has 0 aromatic heterocycles. The number of amides is 2. The number of nitrogens with one attached hydrogen (secondary N) is 1. The van der Waals surface area contributed by atoms with Crippen molar-refractivity contribution in [3.8, 4) is 12.1 Å². The van der Waals surface area contributed by atoms with Crippen molar-refractivity contribution in [2.75, 3.05) is 30.0 Å². The molecule has 0 unspecified atom stereocenters. The number of rotatable bonds is 3. The van der Waals surface area contributed by atoms with E-state index in [1.165, 1.54) is 9.80 Å². The molecule has 0 aliphatic carbocycles. The smallest absolute Gasteiger partial charge is 0.326 e. The summed E-state index contributed by atoms with van der Waals surface area (Å²) in [6, 6.07) is 16.0. The molecule has 3 aliphatic rings. The Hall–Kier alpha value is -4.28. The SMILES string of the molecule is CCOC(=O)CN1C(=O)[C@@]2(c3ccccc31)C(C#N)(C#N)C(=S)N[C@]21C(=O)N(C)c2ccc(C)cc21. The van der Waals surface area contributed by atoms with Gasteiger partial charge in [0.05, 0.1) is 18.7 Å². The third-order valence-corrected chi connectivity index (χ3v) is 7.81. The molecule has 2 atom stereocenters. The number of nitriles is 2. The molecule has 9 nitrogen and oxygen atoms in total. The van der Waals surface area contributed by atoms with Gasteiger partial charge in [-0.3, -0.25) is 19.3 Å². The van der Waals surface area contributed by atoms with Crippen LogP contribution in [0.5, 0.6) is 0 Å². The van der Waals surface area contributed by atoms with E-state index in [1.54, 1.807) is 50.4 Å². The number of thiocarbonyl (C=S) groups is 1. The third-order valence-electron chi connectivity index (χ3n) is 7.40. The minimum atomic E-state index is -2.24. The van der Waals surface area contributed by atoms with E-state index in [2.05, 4.69) is 5.32 Å². The van der Waals surface area contributed by atoms with Crippen LogP contribution in [0, 0.1) is 35.0 Å². The molecule has 1 saturated heterocycles. The van der Waals surface area contributed by atoms with E-state index in [4.69, 9.17) is 17.0 Å². The number of esters is 1. The fourth-order valence-corrected chi connectivity index (χ4v) is 6.37. The second-order valence-corrected chi connectivity index (χ2v) is 9.43. The normalized spacial score (nSPS) is 25.0. The van der Waals surface area contributed by atoms with Crippen LogP contribution >= 0.6 is 12.2 Å². The highest BCUT2D eigenvalue weighted by Gasteiger charge is 2.84. The topological polar surface area (TPSA) is 127 Å². The number of ether oxygens (including phenoxy) is 1. The van der Waals surface area contributed by atoms with Crippen molar-refractivity contribution < 1.29 is 19.1 Å². The first-order chi connectivity index (χ1) is 17.2. The van der Waals surface area contributed by atoms with Crippen LogP contribution < -0.4 is 15.1 Å². The van der Waals surface area contributed by atoms with E-state index < -0.39 is 40.7 Å². The summed E-state index contributed by atoms with van der Waals surface area (Å²) in [6.07, 6.45) is 0. The Balaban J connectivity index is 1.93. The average Bonchev–Trinajstić information content (AvgIpc) is 3.34. The Labute approximate surface area is 212 Å². The van der Waals surface area contributed by atoms with Gasteiger partial charge in [-0.1, -0.05) is 48.1 Å². The number of aryl methyl sites for hydroxylation is 1. The largest absolute Gasteiger partial charge is 0.465 e. The molecule has 5 rings (SSSR count). The van der Waals surface area contributed by atoms with Crippen molar-refractivity contribution in [2.45, 2.75) is 24.8 Å². The number of para-hydroxylation sites is 1. The van der Waals surface area contributed by atoms with E-state index >= 15 is 0 Å². The Morgan fingerprint density at radius 2 is 1.78 bits per heavy atom. The van der Waals surface area contributed by atoms with Crippen molar-refractivity contribution in [1.29, 1.82) is 10.5 Å². The summed E-state index contributed by atoms with van der Waals surface area (Å²) in [5.74, 6) is -1.94. The van der Waals surface area contributed by atoms with Gasteiger partial charge in [0.2, 0.25) is 11.3 Å². The van der Waals surface area contributed by atoms with E-state index in [-0.39, 0.29) is 17.2 Å². The zero-order chi connectivity index (χ0) is 26.0. The van der Waals surface area contributed by atoms with Crippen LogP contribution in [0.25, 0.3) is 0 Å². The molecular formula is C26H21N5O4S. The van der Waals surface area contributed by atoms with Crippen molar-refractivity contribution in [3.05, 3.63) is 59.2 Å². The molecule has 1 N–H and O–H groups in total. The monoisotopic (exact) mass is 499 g/mol.